The van der Waals surface area contributed by atoms with Crippen LogP contribution in [0.4, 0.5) is 0 Å². The zero-order chi connectivity index (χ0) is 13.9. The van der Waals surface area contributed by atoms with Crippen LogP contribution < -0.4 is 0 Å². The molecule has 0 radical (unpaired) electrons. The molecule has 5 heteroatoms. The highest BCUT2D eigenvalue weighted by atomic mass is 32.2. The molecule has 2 aromatic rings. The number of methoxy groups -OCH3 is 1. The normalized spacial score (nSPS) is 19.1. The topological polar surface area (TPSA) is 43.6 Å². The molecule has 1 fully saturated rings. The Kier molecular flexibility index (Phi) is 3.96. The number of fused-ring (bicyclic) bond motifs is 1. The molecular formula is C15H18N2O2S. The maximum atomic E-state index is 11.8. The average Bonchev–Trinajstić information content (AvgIpc) is 2.91. The van der Waals surface area contributed by atoms with E-state index in [0.29, 0.717) is 11.5 Å². The van der Waals surface area contributed by atoms with Gasteiger partial charge in [-0.2, -0.15) is 11.8 Å². The van der Waals surface area contributed by atoms with Gasteiger partial charge in [0.25, 0.3) is 0 Å². The van der Waals surface area contributed by atoms with Crippen molar-refractivity contribution in [2.75, 3.05) is 18.6 Å². The van der Waals surface area contributed by atoms with Crippen LogP contribution in [0.2, 0.25) is 0 Å². The number of esters is 1. The maximum absolute atomic E-state index is 11.8. The summed E-state index contributed by atoms with van der Waals surface area (Å²) in [5.41, 5.74) is 1.41. The number of carbonyl (C=O) groups excluding carboxylic acids is 1. The fraction of sp³-hybridized carbons (Fsp3) is 0.467. The second kappa shape index (κ2) is 5.87. The van der Waals surface area contributed by atoms with Crippen LogP contribution in [0.3, 0.4) is 0 Å². The van der Waals surface area contributed by atoms with Gasteiger partial charge in [0.1, 0.15) is 5.82 Å². The maximum Gasteiger partial charge on any atom is 0.340 e. The third kappa shape index (κ3) is 2.54. The van der Waals surface area contributed by atoms with Gasteiger partial charge in [-0.1, -0.05) is 0 Å². The van der Waals surface area contributed by atoms with Gasteiger partial charge < -0.3 is 9.14 Å². The van der Waals surface area contributed by atoms with Gasteiger partial charge >= 0.3 is 5.97 Å². The first-order valence-electron chi connectivity index (χ1n) is 6.90. The molecule has 3 rings (SSSR count). The number of aromatic nitrogens is 2. The van der Waals surface area contributed by atoms with E-state index < -0.39 is 0 Å². The molecule has 0 aliphatic carbocycles. The fourth-order valence-electron chi connectivity index (χ4n) is 2.74. The van der Waals surface area contributed by atoms with E-state index in [2.05, 4.69) is 4.98 Å². The van der Waals surface area contributed by atoms with Gasteiger partial charge in [-0.15, -0.1) is 0 Å². The molecule has 0 amide bonds. The Bertz CT molecular complexity index is 617. The summed E-state index contributed by atoms with van der Waals surface area (Å²) < 4.78 is 6.84. The van der Waals surface area contributed by atoms with Gasteiger partial charge in [-0.25, -0.2) is 9.78 Å². The van der Waals surface area contributed by atoms with Gasteiger partial charge in [0.2, 0.25) is 0 Å². The number of imidazole rings is 1. The van der Waals surface area contributed by atoms with E-state index in [-0.39, 0.29) is 5.97 Å². The third-order valence-electron chi connectivity index (χ3n) is 3.78. The molecule has 1 atom stereocenters. The van der Waals surface area contributed by atoms with Gasteiger partial charge in [0.05, 0.1) is 24.4 Å². The monoisotopic (exact) mass is 290 g/mol. The zero-order valence-corrected chi connectivity index (χ0v) is 12.4. The van der Waals surface area contributed by atoms with Crippen molar-refractivity contribution >= 4 is 23.2 Å². The molecule has 0 N–H and O–H groups in total. The standard InChI is InChI=1S/C15H18N2O2S/c1-19-15(18)12-5-2-6-17-13(12)9-16-14(17)8-11-4-3-7-20-10-11/h2,5-6,9,11H,3-4,7-8,10H2,1H3. The third-order valence-corrected chi connectivity index (χ3v) is 5.06. The molecule has 0 aromatic carbocycles. The van der Waals surface area contributed by atoms with Gasteiger partial charge in [-0.05, 0) is 42.4 Å². The molecule has 4 nitrogen and oxygen atoms in total. The largest absolute Gasteiger partial charge is 0.465 e. The minimum Gasteiger partial charge on any atom is -0.465 e. The highest BCUT2D eigenvalue weighted by molar-refractivity contribution is 7.99. The van der Waals surface area contributed by atoms with Crippen molar-refractivity contribution in [1.82, 2.24) is 9.38 Å². The molecule has 1 saturated heterocycles. The smallest absolute Gasteiger partial charge is 0.340 e. The quantitative estimate of drug-likeness (QED) is 0.815. The Hall–Kier alpha value is -1.49. The van der Waals surface area contributed by atoms with Gasteiger partial charge in [0.15, 0.2) is 0 Å². The molecule has 2 aromatic heterocycles. The molecule has 0 spiro atoms. The second-order valence-electron chi connectivity index (χ2n) is 5.13. The Balaban J connectivity index is 1.91. The molecular weight excluding hydrogens is 272 g/mol. The molecule has 0 bridgehead atoms. The molecule has 1 aliphatic heterocycles. The summed E-state index contributed by atoms with van der Waals surface area (Å²) in [6.45, 7) is 0. The van der Waals surface area contributed by atoms with Crippen LogP contribution in [-0.2, 0) is 11.2 Å². The fourth-order valence-corrected chi connectivity index (χ4v) is 3.89. The summed E-state index contributed by atoms with van der Waals surface area (Å²) in [6, 6.07) is 3.66. The molecule has 20 heavy (non-hydrogen) atoms. The van der Waals surface area contributed by atoms with Crippen molar-refractivity contribution in [3.63, 3.8) is 0 Å². The van der Waals surface area contributed by atoms with Crippen molar-refractivity contribution in [1.29, 1.82) is 0 Å². The second-order valence-corrected chi connectivity index (χ2v) is 6.28. The number of carbonyl (C=O) groups is 1. The minimum atomic E-state index is -0.310. The lowest BCUT2D eigenvalue weighted by molar-refractivity contribution is 0.0602. The average molecular weight is 290 g/mol. The molecule has 3 heterocycles. The predicted octanol–water partition coefficient (Wildman–Crippen LogP) is 2.81. The van der Waals surface area contributed by atoms with Crippen LogP contribution in [0, 0.1) is 5.92 Å². The van der Waals surface area contributed by atoms with Crippen LogP contribution in [0.15, 0.2) is 24.5 Å². The Morgan fingerprint density at radius 3 is 3.25 bits per heavy atom. The number of rotatable bonds is 3. The zero-order valence-electron chi connectivity index (χ0n) is 11.5. The van der Waals surface area contributed by atoms with E-state index in [1.54, 1.807) is 12.3 Å². The lowest BCUT2D eigenvalue weighted by Gasteiger charge is -2.20. The first-order valence-corrected chi connectivity index (χ1v) is 8.06. The molecule has 0 saturated carbocycles. The molecule has 1 aliphatic rings. The number of pyridine rings is 1. The van der Waals surface area contributed by atoms with Crippen LogP contribution in [0.1, 0.15) is 29.0 Å². The predicted molar refractivity (Wildman–Crippen MR) is 80.3 cm³/mol. The number of hydrogen-bond donors (Lipinski definition) is 0. The van der Waals surface area contributed by atoms with E-state index in [1.807, 2.05) is 28.4 Å². The minimum absolute atomic E-state index is 0.310. The Morgan fingerprint density at radius 1 is 1.60 bits per heavy atom. The highest BCUT2D eigenvalue weighted by Gasteiger charge is 2.18. The highest BCUT2D eigenvalue weighted by Crippen LogP contribution is 2.26. The number of hydrogen-bond acceptors (Lipinski definition) is 4. The number of nitrogens with zero attached hydrogens (tertiary/aromatic N) is 2. The van der Waals surface area contributed by atoms with Crippen molar-refractivity contribution in [3.05, 3.63) is 35.9 Å². The van der Waals surface area contributed by atoms with Gasteiger partial charge in [0, 0.05) is 12.6 Å². The first-order chi connectivity index (χ1) is 9.79. The SMILES string of the molecule is COC(=O)c1cccn2c(CC3CCCSC3)ncc12. The van der Waals surface area contributed by atoms with E-state index >= 15 is 0 Å². The van der Waals surface area contributed by atoms with Crippen LogP contribution in [-0.4, -0.2) is 34.0 Å². The van der Waals surface area contributed by atoms with Crippen molar-refractivity contribution in [2.24, 2.45) is 5.92 Å². The summed E-state index contributed by atoms with van der Waals surface area (Å²) in [5.74, 6) is 3.92. The van der Waals surface area contributed by atoms with Crippen LogP contribution >= 0.6 is 11.8 Å². The lowest BCUT2D eigenvalue weighted by atomic mass is 10.0. The van der Waals surface area contributed by atoms with Crippen LogP contribution in [0.25, 0.3) is 5.52 Å². The van der Waals surface area contributed by atoms with Crippen molar-refractivity contribution < 1.29 is 9.53 Å². The van der Waals surface area contributed by atoms with Crippen molar-refractivity contribution in [2.45, 2.75) is 19.3 Å². The van der Waals surface area contributed by atoms with Crippen LogP contribution in [0.5, 0.6) is 0 Å². The Labute approximate surface area is 122 Å². The number of thioether (sulfide) groups is 1. The number of ether oxygens (including phenoxy) is 1. The van der Waals surface area contributed by atoms with E-state index in [9.17, 15) is 4.79 Å². The van der Waals surface area contributed by atoms with Crippen molar-refractivity contribution in [3.8, 4) is 0 Å². The Morgan fingerprint density at radius 2 is 2.50 bits per heavy atom. The molecule has 106 valence electrons. The first kappa shape index (κ1) is 13.5. The van der Waals surface area contributed by atoms with E-state index in [1.165, 1.54) is 31.5 Å². The van der Waals surface area contributed by atoms with E-state index in [4.69, 9.17) is 4.74 Å². The molecule has 1 unspecified atom stereocenters. The lowest BCUT2D eigenvalue weighted by Crippen LogP contribution is -2.15. The summed E-state index contributed by atoms with van der Waals surface area (Å²) >= 11 is 2.03. The van der Waals surface area contributed by atoms with Gasteiger partial charge in [-0.3, -0.25) is 0 Å². The van der Waals surface area contributed by atoms with E-state index in [0.717, 1.165) is 17.8 Å². The summed E-state index contributed by atoms with van der Waals surface area (Å²) in [5, 5.41) is 0. The summed E-state index contributed by atoms with van der Waals surface area (Å²) in [4.78, 5) is 16.3. The summed E-state index contributed by atoms with van der Waals surface area (Å²) in [7, 11) is 1.41. The summed E-state index contributed by atoms with van der Waals surface area (Å²) in [6.07, 6.45) is 7.30.